The molecule has 5 nitrogen and oxygen atoms in total. The van der Waals surface area contributed by atoms with E-state index in [4.69, 9.17) is 11.0 Å². The summed E-state index contributed by atoms with van der Waals surface area (Å²) in [6, 6.07) is 2.01. The number of carbonyl (C=O) groups excluding carboxylic acids is 1. The number of thiophene rings is 1. The SMILES string of the molecule is CNC(=O)c1c(NCCC(C)C)sc(C#N)c1N. The lowest BCUT2D eigenvalue weighted by atomic mass is 10.1. The van der Waals surface area contributed by atoms with Crippen molar-refractivity contribution in [3.05, 3.63) is 10.4 Å². The van der Waals surface area contributed by atoms with Crippen LogP contribution < -0.4 is 16.4 Å². The molecule has 6 heteroatoms. The van der Waals surface area contributed by atoms with Gasteiger partial charge in [0.25, 0.3) is 5.91 Å². The van der Waals surface area contributed by atoms with Crippen molar-refractivity contribution in [2.75, 3.05) is 24.6 Å². The number of hydrogen-bond acceptors (Lipinski definition) is 5. The Bertz CT molecular complexity index is 473. The second-order valence-corrected chi connectivity index (χ2v) is 5.37. The van der Waals surface area contributed by atoms with Crippen molar-refractivity contribution in [3.8, 4) is 6.07 Å². The molecule has 0 unspecified atom stereocenters. The summed E-state index contributed by atoms with van der Waals surface area (Å²) in [5.74, 6) is 0.311. The molecular weight excluding hydrogens is 248 g/mol. The van der Waals surface area contributed by atoms with E-state index in [2.05, 4.69) is 24.5 Å². The molecule has 0 bridgehead atoms. The maximum atomic E-state index is 11.7. The zero-order chi connectivity index (χ0) is 13.7. The van der Waals surface area contributed by atoms with E-state index in [-0.39, 0.29) is 11.6 Å². The van der Waals surface area contributed by atoms with E-state index in [1.807, 2.05) is 6.07 Å². The van der Waals surface area contributed by atoms with Crippen LogP contribution in [-0.2, 0) is 0 Å². The number of nitrogen functional groups attached to an aromatic ring is 1. The zero-order valence-corrected chi connectivity index (χ0v) is 11.6. The molecule has 0 radical (unpaired) electrons. The molecular formula is C12H18N4OS. The molecule has 0 saturated heterocycles. The van der Waals surface area contributed by atoms with Gasteiger partial charge in [0, 0.05) is 13.6 Å². The summed E-state index contributed by atoms with van der Waals surface area (Å²) in [5, 5.41) is 15.3. The number of nitriles is 1. The molecule has 0 aliphatic rings. The van der Waals surface area contributed by atoms with E-state index < -0.39 is 0 Å². The molecule has 0 aliphatic carbocycles. The number of amides is 1. The Labute approximate surface area is 111 Å². The Morgan fingerprint density at radius 2 is 2.22 bits per heavy atom. The highest BCUT2D eigenvalue weighted by molar-refractivity contribution is 7.17. The van der Waals surface area contributed by atoms with Gasteiger partial charge in [0.05, 0.1) is 11.3 Å². The van der Waals surface area contributed by atoms with Gasteiger partial charge in [-0.15, -0.1) is 11.3 Å². The summed E-state index contributed by atoms with van der Waals surface area (Å²) in [4.78, 5) is 12.1. The average Bonchev–Trinajstić information content (AvgIpc) is 2.64. The largest absolute Gasteiger partial charge is 0.396 e. The fourth-order valence-electron chi connectivity index (χ4n) is 1.48. The van der Waals surface area contributed by atoms with E-state index >= 15 is 0 Å². The average molecular weight is 266 g/mol. The van der Waals surface area contributed by atoms with Gasteiger partial charge in [-0.2, -0.15) is 5.26 Å². The van der Waals surface area contributed by atoms with Gasteiger partial charge in [0.15, 0.2) is 0 Å². The van der Waals surface area contributed by atoms with Crippen molar-refractivity contribution >= 4 is 27.9 Å². The van der Waals surface area contributed by atoms with E-state index in [1.54, 1.807) is 7.05 Å². The van der Waals surface area contributed by atoms with Gasteiger partial charge < -0.3 is 16.4 Å². The number of anilines is 2. The lowest BCUT2D eigenvalue weighted by Crippen LogP contribution is -2.20. The molecule has 1 amide bonds. The van der Waals surface area contributed by atoms with Crippen molar-refractivity contribution in [2.24, 2.45) is 5.92 Å². The first kappa shape index (κ1) is 14.3. The highest BCUT2D eigenvalue weighted by Crippen LogP contribution is 2.35. The van der Waals surface area contributed by atoms with E-state index in [9.17, 15) is 4.79 Å². The third-order valence-electron chi connectivity index (χ3n) is 2.51. The normalized spacial score (nSPS) is 10.2. The van der Waals surface area contributed by atoms with Crippen LogP contribution in [0.2, 0.25) is 0 Å². The van der Waals surface area contributed by atoms with Crippen molar-refractivity contribution in [2.45, 2.75) is 20.3 Å². The molecule has 4 N–H and O–H groups in total. The second-order valence-electron chi connectivity index (χ2n) is 4.35. The zero-order valence-electron chi connectivity index (χ0n) is 10.8. The van der Waals surface area contributed by atoms with E-state index in [0.717, 1.165) is 13.0 Å². The lowest BCUT2D eigenvalue weighted by Gasteiger charge is -2.08. The van der Waals surface area contributed by atoms with Crippen molar-refractivity contribution in [1.29, 1.82) is 5.26 Å². The third-order valence-corrected chi connectivity index (χ3v) is 3.58. The fraction of sp³-hybridized carbons (Fsp3) is 0.500. The molecule has 0 fully saturated rings. The monoisotopic (exact) mass is 266 g/mol. The number of rotatable bonds is 5. The van der Waals surface area contributed by atoms with Gasteiger partial charge in [-0.3, -0.25) is 4.79 Å². The van der Waals surface area contributed by atoms with Crippen LogP contribution in [0.25, 0.3) is 0 Å². The fourth-order valence-corrected chi connectivity index (χ4v) is 2.42. The van der Waals surface area contributed by atoms with Gasteiger partial charge in [-0.05, 0) is 12.3 Å². The Morgan fingerprint density at radius 1 is 1.56 bits per heavy atom. The van der Waals surface area contributed by atoms with Crippen molar-refractivity contribution in [3.63, 3.8) is 0 Å². The molecule has 0 atom stereocenters. The van der Waals surface area contributed by atoms with Crippen LogP contribution >= 0.6 is 11.3 Å². The Hall–Kier alpha value is -1.74. The number of nitrogens with one attached hydrogen (secondary N) is 2. The number of hydrogen-bond donors (Lipinski definition) is 3. The van der Waals surface area contributed by atoms with Gasteiger partial charge in [-0.1, -0.05) is 13.8 Å². The maximum absolute atomic E-state index is 11.7. The summed E-state index contributed by atoms with van der Waals surface area (Å²) in [6.45, 7) is 5.02. The highest BCUT2D eigenvalue weighted by atomic mass is 32.1. The van der Waals surface area contributed by atoms with Gasteiger partial charge in [0.2, 0.25) is 0 Å². The predicted molar refractivity (Wildman–Crippen MR) is 74.8 cm³/mol. The van der Waals surface area contributed by atoms with Crippen LogP contribution in [0.15, 0.2) is 0 Å². The lowest BCUT2D eigenvalue weighted by molar-refractivity contribution is 0.0965. The number of carbonyl (C=O) groups is 1. The van der Waals surface area contributed by atoms with E-state index in [0.29, 0.717) is 21.4 Å². The Balaban J connectivity index is 2.96. The van der Waals surface area contributed by atoms with Crippen LogP contribution in [-0.4, -0.2) is 19.5 Å². The molecule has 0 aliphatic heterocycles. The first-order valence-corrected chi connectivity index (χ1v) is 6.61. The molecule has 98 valence electrons. The predicted octanol–water partition coefficient (Wildman–Crippen LogP) is 2.02. The van der Waals surface area contributed by atoms with Crippen LogP contribution in [0.4, 0.5) is 10.7 Å². The highest BCUT2D eigenvalue weighted by Gasteiger charge is 2.20. The Kier molecular flexibility index (Phi) is 4.98. The first-order valence-electron chi connectivity index (χ1n) is 5.79. The quantitative estimate of drug-likeness (QED) is 0.760. The molecule has 0 spiro atoms. The van der Waals surface area contributed by atoms with Crippen LogP contribution in [0, 0.1) is 17.2 Å². The van der Waals surface area contributed by atoms with Crippen LogP contribution in [0.3, 0.4) is 0 Å². The maximum Gasteiger partial charge on any atom is 0.256 e. The number of nitrogens with two attached hydrogens (primary N) is 1. The minimum Gasteiger partial charge on any atom is -0.396 e. The minimum absolute atomic E-state index is 0.258. The van der Waals surface area contributed by atoms with Crippen LogP contribution in [0.1, 0.15) is 35.5 Å². The Morgan fingerprint density at radius 3 is 2.72 bits per heavy atom. The van der Waals surface area contributed by atoms with E-state index in [1.165, 1.54) is 11.3 Å². The molecule has 0 saturated carbocycles. The molecule has 1 aromatic heterocycles. The topological polar surface area (TPSA) is 90.9 Å². The summed E-state index contributed by atoms with van der Waals surface area (Å²) in [7, 11) is 1.55. The first-order chi connectivity index (χ1) is 8.51. The summed E-state index contributed by atoms with van der Waals surface area (Å²) < 4.78 is 0. The molecule has 18 heavy (non-hydrogen) atoms. The second kappa shape index (κ2) is 6.26. The van der Waals surface area contributed by atoms with Gasteiger partial charge in [-0.25, -0.2) is 0 Å². The third kappa shape index (κ3) is 3.14. The summed E-state index contributed by atoms with van der Waals surface area (Å²) >= 11 is 1.22. The van der Waals surface area contributed by atoms with Gasteiger partial charge in [0.1, 0.15) is 15.9 Å². The van der Waals surface area contributed by atoms with Crippen molar-refractivity contribution < 1.29 is 4.79 Å². The molecule has 1 rings (SSSR count). The molecule has 1 heterocycles. The summed E-state index contributed by atoms with van der Waals surface area (Å²) in [5.41, 5.74) is 6.45. The number of nitrogens with zero attached hydrogens (tertiary/aromatic N) is 1. The smallest absolute Gasteiger partial charge is 0.256 e. The standard InChI is InChI=1S/C12H18N4OS/c1-7(2)4-5-16-12-9(11(17)15-3)10(14)8(6-13)18-12/h7,16H,4-5,14H2,1-3H3,(H,15,17). The minimum atomic E-state index is -0.266. The summed E-state index contributed by atoms with van der Waals surface area (Å²) in [6.07, 6.45) is 0.993. The van der Waals surface area contributed by atoms with Gasteiger partial charge >= 0.3 is 0 Å². The molecule has 0 aromatic carbocycles. The van der Waals surface area contributed by atoms with Crippen molar-refractivity contribution in [1.82, 2.24) is 5.32 Å². The molecule has 1 aromatic rings. The van der Waals surface area contributed by atoms with Crippen LogP contribution in [0.5, 0.6) is 0 Å².